The number of rotatable bonds is 5. The Morgan fingerprint density at radius 2 is 2.28 bits per heavy atom. The molecule has 1 heterocycles. The Hall–Kier alpha value is -1.38. The van der Waals surface area contributed by atoms with Gasteiger partial charge in [0.05, 0.1) is 0 Å². The third-order valence-electron chi connectivity index (χ3n) is 3.74. The lowest BCUT2D eigenvalue weighted by Crippen LogP contribution is -2.28. The summed E-state index contributed by atoms with van der Waals surface area (Å²) in [7, 11) is 0. The fourth-order valence-electron chi connectivity index (χ4n) is 2.61. The molecule has 98 valence electrons. The van der Waals surface area contributed by atoms with Gasteiger partial charge in [-0.25, -0.2) is 0 Å². The molecule has 0 N–H and O–H groups in total. The molecule has 0 aromatic heterocycles. The van der Waals surface area contributed by atoms with Crippen LogP contribution in [0.3, 0.4) is 0 Å². The van der Waals surface area contributed by atoms with Gasteiger partial charge in [0.25, 0.3) is 0 Å². The first-order chi connectivity index (χ1) is 8.58. The number of likely N-dealkylation sites (tertiary alicyclic amines) is 1. The molecule has 0 radical (unpaired) electrons. The van der Waals surface area contributed by atoms with Crippen LogP contribution in [0.1, 0.15) is 33.1 Å². The molecule has 1 saturated heterocycles. The number of hydrogen-bond donors (Lipinski definition) is 0. The Morgan fingerprint density at radius 1 is 1.50 bits per heavy atom. The maximum absolute atomic E-state index is 11.9. The van der Waals surface area contributed by atoms with E-state index in [0.29, 0.717) is 13.0 Å². The number of nitrogens with zero attached hydrogens (tertiary/aromatic N) is 1. The Kier molecular flexibility index (Phi) is 4.00. The van der Waals surface area contributed by atoms with E-state index in [1.165, 1.54) is 5.57 Å². The molecule has 1 aliphatic heterocycles. The van der Waals surface area contributed by atoms with E-state index in [1.54, 1.807) is 0 Å². The summed E-state index contributed by atoms with van der Waals surface area (Å²) in [5, 5.41) is 0. The Balaban J connectivity index is 1.83. The smallest absolute Gasteiger partial charge is 0.223 e. The van der Waals surface area contributed by atoms with Gasteiger partial charge < -0.3 is 4.90 Å². The quantitative estimate of drug-likeness (QED) is 0.747. The van der Waals surface area contributed by atoms with Crippen molar-refractivity contribution in [3.8, 4) is 0 Å². The van der Waals surface area contributed by atoms with Gasteiger partial charge in [-0.2, -0.15) is 0 Å². The lowest BCUT2D eigenvalue weighted by Gasteiger charge is -2.17. The van der Waals surface area contributed by atoms with Crippen LogP contribution >= 0.6 is 0 Å². The number of Topliss-reactive ketones (excluding diaryl/α,β-unsaturated/α-hetero) is 1. The zero-order chi connectivity index (χ0) is 13.1. The molecule has 0 saturated carbocycles. The fraction of sp³-hybridized carbons (Fsp3) is 0.600. The summed E-state index contributed by atoms with van der Waals surface area (Å²) in [6, 6.07) is 0. The third-order valence-corrected chi connectivity index (χ3v) is 3.74. The van der Waals surface area contributed by atoms with Crippen LogP contribution in [-0.2, 0) is 9.59 Å². The van der Waals surface area contributed by atoms with Crippen molar-refractivity contribution in [2.75, 3.05) is 13.1 Å². The molecule has 1 unspecified atom stereocenters. The van der Waals surface area contributed by atoms with Gasteiger partial charge in [0.2, 0.25) is 5.91 Å². The van der Waals surface area contributed by atoms with Crippen LogP contribution < -0.4 is 0 Å². The van der Waals surface area contributed by atoms with Gasteiger partial charge in [-0.05, 0) is 12.8 Å². The standard InChI is InChI=1S/C15H21NO2/c1-11(2)15(18)13-9-14(17)16(10-13)8-7-12-5-3-4-6-12/h3-5,11,13H,6-10H2,1-2H3. The van der Waals surface area contributed by atoms with Crippen LogP contribution in [0.25, 0.3) is 0 Å². The van der Waals surface area contributed by atoms with Gasteiger partial charge in [-0.3, -0.25) is 9.59 Å². The predicted molar refractivity (Wildman–Crippen MR) is 71.0 cm³/mol. The second kappa shape index (κ2) is 5.51. The van der Waals surface area contributed by atoms with E-state index in [0.717, 1.165) is 19.4 Å². The first-order valence-corrected chi connectivity index (χ1v) is 6.74. The molecule has 1 fully saturated rings. The monoisotopic (exact) mass is 247 g/mol. The van der Waals surface area contributed by atoms with Crippen LogP contribution in [0.2, 0.25) is 0 Å². The van der Waals surface area contributed by atoms with E-state index in [-0.39, 0.29) is 23.5 Å². The highest BCUT2D eigenvalue weighted by atomic mass is 16.2. The summed E-state index contributed by atoms with van der Waals surface area (Å²) in [5.41, 5.74) is 1.38. The molecule has 0 aromatic rings. The van der Waals surface area contributed by atoms with Crippen molar-refractivity contribution in [1.29, 1.82) is 0 Å². The molecule has 3 heteroatoms. The minimum absolute atomic E-state index is 0.0319. The van der Waals surface area contributed by atoms with E-state index in [1.807, 2.05) is 18.7 Å². The summed E-state index contributed by atoms with van der Waals surface area (Å²) >= 11 is 0. The van der Waals surface area contributed by atoms with E-state index in [2.05, 4.69) is 18.2 Å². The van der Waals surface area contributed by atoms with Gasteiger partial charge in [0.15, 0.2) is 0 Å². The second-order valence-corrected chi connectivity index (χ2v) is 5.51. The highest BCUT2D eigenvalue weighted by molar-refractivity contribution is 5.91. The normalized spacial score (nSPS) is 23.1. The zero-order valence-electron chi connectivity index (χ0n) is 11.2. The minimum atomic E-state index is -0.0758. The van der Waals surface area contributed by atoms with Crippen LogP contribution in [-0.4, -0.2) is 29.7 Å². The molecule has 1 aliphatic carbocycles. The van der Waals surface area contributed by atoms with Crippen molar-refractivity contribution in [3.05, 3.63) is 23.8 Å². The van der Waals surface area contributed by atoms with Crippen LogP contribution in [0.15, 0.2) is 23.8 Å². The lowest BCUT2D eigenvalue weighted by atomic mass is 9.95. The highest BCUT2D eigenvalue weighted by Crippen LogP contribution is 2.23. The molecule has 18 heavy (non-hydrogen) atoms. The van der Waals surface area contributed by atoms with Gasteiger partial charge in [0.1, 0.15) is 5.78 Å². The fourth-order valence-corrected chi connectivity index (χ4v) is 2.61. The molecule has 1 atom stereocenters. The van der Waals surface area contributed by atoms with Gasteiger partial charge >= 0.3 is 0 Å². The van der Waals surface area contributed by atoms with Gasteiger partial charge in [-0.15, -0.1) is 0 Å². The first-order valence-electron chi connectivity index (χ1n) is 6.74. The van der Waals surface area contributed by atoms with Crippen LogP contribution in [0.5, 0.6) is 0 Å². The molecule has 0 bridgehead atoms. The molecule has 0 aromatic carbocycles. The molecule has 0 spiro atoms. The summed E-state index contributed by atoms with van der Waals surface area (Å²) in [6.07, 6.45) is 8.67. The number of amides is 1. The third kappa shape index (κ3) is 2.89. The number of carbonyl (C=O) groups excluding carboxylic acids is 2. The Labute approximate surface area is 109 Å². The van der Waals surface area contributed by atoms with Crippen LogP contribution in [0.4, 0.5) is 0 Å². The molecule has 3 nitrogen and oxygen atoms in total. The molecule has 1 amide bonds. The molecular formula is C15H21NO2. The summed E-state index contributed by atoms with van der Waals surface area (Å²) in [6.45, 7) is 5.19. The number of allylic oxidation sites excluding steroid dienone is 3. The van der Waals surface area contributed by atoms with Crippen molar-refractivity contribution in [1.82, 2.24) is 4.90 Å². The number of hydrogen-bond acceptors (Lipinski definition) is 2. The van der Waals surface area contributed by atoms with Crippen molar-refractivity contribution < 1.29 is 9.59 Å². The largest absolute Gasteiger partial charge is 0.342 e. The SMILES string of the molecule is CC(C)C(=O)C1CC(=O)N(CCC2=CC=CC2)C1. The van der Waals surface area contributed by atoms with E-state index in [4.69, 9.17) is 0 Å². The van der Waals surface area contributed by atoms with Gasteiger partial charge in [0, 0.05) is 31.3 Å². The Morgan fingerprint density at radius 3 is 2.89 bits per heavy atom. The highest BCUT2D eigenvalue weighted by Gasteiger charge is 2.34. The van der Waals surface area contributed by atoms with E-state index >= 15 is 0 Å². The van der Waals surface area contributed by atoms with Crippen molar-refractivity contribution in [3.63, 3.8) is 0 Å². The summed E-state index contributed by atoms with van der Waals surface area (Å²) in [4.78, 5) is 25.6. The number of carbonyl (C=O) groups is 2. The van der Waals surface area contributed by atoms with Crippen molar-refractivity contribution in [2.45, 2.75) is 33.1 Å². The van der Waals surface area contributed by atoms with Gasteiger partial charge in [-0.1, -0.05) is 37.6 Å². The predicted octanol–water partition coefficient (Wildman–Crippen LogP) is 2.34. The van der Waals surface area contributed by atoms with Crippen molar-refractivity contribution in [2.24, 2.45) is 11.8 Å². The zero-order valence-corrected chi connectivity index (χ0v) is 11.2. The van der Waals surface area contributed by atoms with E-state index in [9.17, 15) is 9.59 Å². The summed E-state index contributed by atoms with van der Waals surface area (Å²) < 4.78 is 0. The molecule has 2 aliphatic rings. The Bertz CT molecular complexity index is 407. The maximum Gasteiger partial charge on any atom is 0.223 e. The first kappa shape index (κ1) is 13.1. The topological polar surface area (TPSA) is 37.4 Å². The summed E-state index contributed by atoms with van der Waals surface area (Å²) in [5.74, 6) is 0.325. The minimum Gasteiger partial charge on any atom is -0.342 e. The second-order valence-electron chi connectivity index (χ2n) is 5.51. The average molecular weight is 247 g/mol. The number of ketones is 1. The van der Waals surface area contributed by atoms with Crippen LogP contribution in [0, 0.1) is 11.8 Å². The maximum atomic E-state index is 11.9. The lowest BCUT2D eigenvalue weighted by molar-refractivity contribution is -0.129. The van der Waals surface area contributed by atoms with Crippen molar-refractivity contribution >= 4 is 11.7 Å². The average Bonchev–Trinajstić information content (AvgIpc) is 2.95. The molecular weight excluding hydrogens is 226 g/mol. The molecule has 2 rings (SSSR count). The van der Waals surface area contributed by atoms with E-state index < -0.39 is 0 Å².